The van der Waals surface area contributed by atoms with Gasteiger partial charge in [-0.2, -0.15) is 0 Å². The second-order valence-electron chi connectivity index (χ2n) is 4.07. The lowest BCUT2D eigenvalue weighted by Crippen LogP contribution is -2.06. The van der Waals surface area contributed by atoms with E-state index >= 15 is 0 Å². The molecular weight excluding hydrogens is 204 g/mol. The molecule has 0 saturated heterocycles. The van der Waals surface area contributed by atoms with E-state index in [1.165, 1.54) is 0 Å². The first kappa shape index (κ1) is 15.0. The molecule has 0 aliphatic carbocycles. The van der Waals surface area contributed by atoms with Crippen molar-refractivity contribution >= 4 is 17.3 Å². The number of Topliss-reactive ketones (excluding diaryl/α,β-unsaturated/α-hetero) is 3. The maximum absolute atomic E-state index is 11.3. The molecule has 0 unspecified atom stereocenters. The number of hydrogen-bond donors (Lipinski definition) is 0. The van der Waals surface area contributed by atoms with Gasteiger partial charge >= 0.3 is 0 Å². The molecule has 0 spiro atoms. The molecule has 0 aromatic carbocycles. The summed E-state index contributed by atoms with van der Waals surface area (Å²) in [5, 5.41) is 0. The summed E-state index contributed by atoms with van der Waals surface area (Å²) in [6.07, 6.45) is 4.26. The minimum atomic E-state index is 0.0339. The van der Waals surface area contributed by atoms with Gasteiger partial charge in [0.15, 0.2) is 0 Å². The third-order valence-corrected chi connectivity index (χ3v) is 2.57. The molecule has 0 saturated carbocycles. The summed E-state index contributed by atoms with van der Waals surface area (Å²) >= 11 is 0. The highest BCUT2D eigenvalue weighted by atomic mass is 16.1. The smallest absolute Gasteiger partial charge is 0.133 e. The Hall–Kier alpha value is -0.990. The van der Waals surface area contributed by atoms with Crippen LogP contribution in [0.1, 0.15) is 65.2 Å². The van der Waals surface area contributed by atoms with Crippen molar-refractivity contribution in [1.82, 2.24) is 0 Å². The van der Waals surface area contributed by atoms with Gasteiger partial charge < -0.3 is 0 Å². The molecule has 0 amide bonds. The molecular formula is C13H22O3. The Balaban J connectivity index is 3.57. The maximum Gasteiger partial charge on any atom is 0.133 e. The Morgan fingerprint density at radius 3 is 1.56 bits per heavy atom. The predicted molar refractivity (Wildman–Crippen MR) is 63.3 cm³/mol. The Labute approximate surface area is 97.6 Å². The van der Waals surface area contributed by atoms with Crippen molar-refractivity contribution in [2.75, 3.05) is 0 Å². The van der Waals surface area contributed by atoms with E-state index in [1.807, 2.05) is 6.92 Å². The van der Waals surface area contributed by atoms with Crippen LogP contribution in [-0.4, -0.2) is 17.3 Å². The van der Waals surface area contributed by atoms with Gasteiger partial charge in [0.05, 0.1) is 0 Å². The van der Waals surface area contributed by atoms with Gasteiger partial charge in [0.1, 0.15) is 17.3 Å². The summed E-state index contributed by atoms with van der Waals surface area (Å²) in [5.74, 6) is 0.314. The van der Waals surface area contributed by atoms with Crippen LogP contribution in [0.15, 0.2) is 0 Å². The van der Waals surface area contributed by atoms with E-state index in [9.17, 15) is 14.4 Å². The predicted octanol–water partition coefficient (Wildman–Crippen LogP) is 2.85. The van der Waals surface area contributed by atoms with Gasteiger partial charge in [0, 0.05) is 38.5 Å². The number of unbranched alkanes of at least 4 members (excludes halogenated alkanes) is 1. The maximum atomic E-state index is 11.3. The van der Waals surface area contributed by atoms with Crippen LogP contribution in [0.4, 0.5) is 0 Å². The molecule has 3 heteroatoms. The Kier molecular flexibility index (Phi) is 8.68. The summed E-state index contributed by atoms with van der Waals surface area (Å²) in [4.78, 5) is 33.6. The van der Waals surface area contributed by atoms with Crippen LogP contribution >= 0.6 is 0 Å². The first-order chi connectivity index (χ1) is 7.60. The number of hydrogen-bond acceptors (Lipinski definition) is 3. The second-order valence-corrected chi connectivity index (χ2v) is 4.07. The van der Waals surface area contributed by atoms with Gasteiger partial charge in [0.25, 0.3) is 0 Å². The summed E-state index contributed by atoms with van der Waals surface area (Å²) in [6, 6.07) is 0. The topological polar surface area (TPSA) is 51.2 Å². The van der Waals surface area contributed by atoms with E-state index in [0.29, 0.717) is 38.5 Å². The van der Waals surface area contributed by atoms with Crippen molar-refractivity contribution in [3.63, 3.8) is 0 Å². The van der Waals surface area contributed by atoms with E-state index in [2.05, 4.69) is 0 Å². The molecule has 0 aliphatic rings. The Morgan fingerprint density at radius 1 is 0.688 bits per heavy atom. The van der Waals surface area contributed by atoms with Crippen LogP contribution in [0.3, 0.4) is 0 Å². The van der Waals surface area contributed by atoms with Gasteiger partial charge in [-0.05, 0) is 6.42 Å². The normalized spacial score (nSPS) is 10.1. The average Bonchev–Trinajstić information content (AvgIpc) is 2.30. The fourth-order valence-corrected chi connectivity index (χ4v) is 1.36. The second kappa shape index (κ2) is 9.25. The Morgan fingerprint density at radius 2 is 1.12 bits per heavy atom. The molecule has 92 valence electrons. The zero-order chi connectivity index (χ0) is 12.4. The zero-order valence-corrected chi connectivity index (χ0v) is 10.4. The molecule has 0 rings (SSSR count). The molecule has 0 fully saturated rings. The van der Waals surface area contributed by atoms with Crippen molar-refractivity contribution in [2.24, 2.45) is 0 Å². The molecule has 0 radical (unpaired) electrons. The summed E-state index contributed by atoms with van der Waals surface area (Å²) < 4.78 is 0. The van der Waals surface area contributed by atoms with Crippen LogP contribution in [0.2, 0.25) is 0 Å². The molecule has 0 bridgehead atoms. The highest BCUT2D eigenvalue weighted by molar-refractivity contribution is 5.88. The van der Waals surface area contributed by atoms with Crippen molar-refractivity contribution in [3.8, 4) is 0 Å². The van der Waals surface area contributed by atoms with Crippen LogP contribution in [0, 0.1) is 0 Å². The van der Waals surface area contributed by atoms with Crippen molar-refractivity contribution in [3.05, 3.63) is 0 Å². The fraction of sp³-hybridized carbons (Fsp3) is 0.769. The lowest BCUT2D eigenvalue weighted by atomic mass is 10.0. The van der Waals surface area contributed by atoms with Gasteiger partial charge in [-0.15, -0.1) is 0 Å². The van der Waals surface area contributed by atoms with E-state index in [4.69, 9.17) is 0 Å². The van der Waals surface area contributed by atoms with E-state index in [0.717, 1.165) is 12.8 Å². The van der Waals surface area contributed by atoms with E-state index in [1.54, 1.807) is 6.92 Å². The fourth-order valence-electron chi connectivity index (χ4n) is 1.36. The van der Waals surface area contributed by atoms with Crippen molar-refractivity contribution < 1.29 is 14.4 Å². The molecule has 0 N–H and O–H groups in total. The number of rotatable bonds is 10. The first-order valence-electron chi connectivity index (χ1n) is 6.15. The first-order valence-corrected chi connectivity index (χ1v) is 6.15. The van der Waals surface area contributed by atoms with Gasteiger partial charge in [-0.25, -0.2) is 0 Å². The largest absolute Gasteiger partial charge is 0.300 e. The minimum absolute atomic E-state index is 0.0339. The monoisotopic (exact) mass is 226 g/mol. The molecule has 0 atom stereocenters. The van der Waals surface area contributed by atoms with Gasteiger partial charge in [-0.1, -0.05) is 20.3 Å². The van der Waals surface area contributed by atoms with Crippen molar-refractivity contribution in [2.45, 2.75) is 65.2 Å². The van der Waals surface area contributed by atoms with E-state index in [-0.39, 0.29) is 17.3 Å². The average molecular weight is 226 g/mol. The lowest BCUT2D eigenvalue weighted by Gasteiger charge is -2.00. The SMILES string of the molecule is CCCCC(=O)CCC(=O)CCC(=O)CC. The summed E-state index contributed by atoms with van der Waals surface area (Å²) in [6.45, 7) is 3.83. The third kappa shape index (κ3) is 8.33. The standard InChI is InChI=1S/C13H22O3/c1-3-5-6-12(15)9-10-13(16)8-7-11(14)4-2/h3-10H2,1-2H3. The van der Waals surface area contributed by atoms with E-state index < -0.39 is 0 Å². The lowest BCUT2D eigenvalue weighted by molar-refractivity contribution is -0.126. The molecule has 0 aliphatic heterocycles. The summed E-state index contributed by atoms with van der Waals surface area (Å²) in [5.41, 5.74) is 0. The number of ketones is 3. The van der Waals surface area contributed by atoms with Crippen molar-refractivity contribution in [1.29, 1.82) is 0 Å². The zero-order valence-electron chi connectivity index (χ0n) is 10.4. The van der Waals surface area contributed by atoms with Gasteiger partial charge in [0.2, 0.25) is 0 Å². The molecule has 16 heavy (non-hydrogen) atoms. The molecule has 0 aromatic rings. The number of carbonyl (C=O) groups excluding carboxylic acids is 3. The van der Waals surface area contributed by atoms with Gasteiger partial charge in [-0.3, -0.25) is 14.4 Å². The van der Waals surface area contributed by atoms with Crippen LogP contribution in [0.5, 0.6) is 0 Å². The minimum Gasteiger partial charge on any atom is -0.300 e. The van der Waals surface area contributed by atoms with Crippen LogP contribution in [-0.2, 0) is 14.4 Å². The highest BCUT2D eigenvalue weighted by Gasteiger charge is 2.08. The molecule has 0 heterocycles. The quantitative estimate of drug-likeness (QED) is 0.575. The third-order valence-electron chi connectivity index (χ3n) is 2.57. The summed E-state index contributed by atoms with van der Waals surface area (Å²) in [7, 11) is 0. The Bertz CT molecular complexity index is 244. The highest BCUT2D eigenvalue weighted by Crippen LogP contribution is 2.05. The van der Waals surface area contributed by atoms with Crippen LogP contribution in [0.25, 0.3) is 0 Å². The molecule has 0 aromatic heterocycles. The number of carbonyl (C=O) groups is 3. The molecule has 3 nitrogen and oxygen atoms in total. The van der Waals surface area contributed by atoms with Crippen LogP contribution < -0.4 is 0 Å².